The lowest BCUT2D eigenvalue weighted by Crippen LogP contribution is -2.42. The third kappa shape index (κ3) is 4.91. The van der Waals surface area contributed by atoms with Crippen LogP contribution in [-0.2, 0) is 14.3 Å². The van der Waals surface area contributed by atoms with Gasteiger partial charge in [-0.25, -0.2) is 0 Å². The van der Waals surface area contributed by atoms with Crippen LogP contribution in [0.25, 0.3) is 0 Å². The monoisotopic (exact) mass is 332 g/mol. The molecule has 2 amide bonds. The quantitative estimate of drug-likeness (QED) is 0.799. The van der Waals surface area contributed by atoms with E-state index in [1.165, 1.54) is 0 Å². The van der Waals surface area contributed by atoms with Crippen LogP contribution in [0, 0.1) is 0 Å². The fraction of sp³-hybridized carbons (Fsp3) is 0.294. The molecular formula is C17H20N2O3S. The minimum Gasteiger partial charge on any atom is -0.375 e. The van der Waals surface area contributed by atoms with Crippen LogP contribution < -0.4 is 10.6 Å². The molecule has 0 saturated heterocycles. The van der Waals surface area contributed by atoms with Gasteiger partial charge < -0.3 is 15.4 Å². The maximum atomic E-state index is 12.0. The van der Waals surface area contributed by atoms with E-state index in [1.807, 2.05) is 54.1 Å². The Bertz CT molecular complexity index is 629. The Morgan fingerprint density at radius 2 is 1.87 bits per heavy atom. The first-order valence-electron chi connectivity index (χ1n) is 7.30. The Labute approximate surface area is 139 Å². The fourth-order valence-electron chi connectivity index (χ4n) is 2.15. The van der Waals surface area contributed by atoms with Gasteiger partial charge >= 0.3 is 11.8 Å². The largest absolute Gasteiger partial charge is 0.375 e. The van der Waals surface area contributed by atoms with Gasteiger partial charge in [0, 0.05) is 13.7 Å². The number of hydrogen-bond donors (Lipinski definition) is 2. The van der Waals surface area contributed by atoms with Crippen molar-refractivity contribution in [3.8, 4) is 0 Å². The van der Waals surface area contributed by atoms with Gasteiger partial charge in [-0.15, -0.1) is 0 Å². The Morgan fingerprint density at radius 1 is 1.13 bits per heavy atom. The van der Waals surface area contributed by atoms with Crippen LogP contribution >= 0.6 is 11.3 Å². The zero-order valence-corrected chi connectivity index (χ0v) is 13.9. The van der Waals surface area contributed by atoms with E-state index in [9.17, 15) is 9.59 Å². The number of carbonyl (C=O) groups excluding carboxylic acids is 2. The van der Waals surface area contributed by atoms with E-state index >= 15 is 0 Å². The molecule has 0 saturated carbocycles. The molecule has 122 valence electrons. The van der Waals surface area contributed by atoms with E-state index in [4.69, 9.17) is 4.74 Å². The van der Waals surface area contributed by atoms with Crippen LogP contribution in [0.4, 0.5) is 0 Å². The van der Waals surface area contributed by atoms with Gasteiger partial charge in [0.05, 0.1) is 6.04 Å². The highest BCUT2D eigenvalue weighted by molar-refractivity contribution is 7.07. The topological polar surface area (TPSA) is 67.4 Å². The zero-order chi connectivity index (χ0) is 16.7. The van der Waals surface area contributed by atoms with Crippen LogP contribution in [0.2, 0.25) is 0 Å². The first-order valence-corrected chi connectivity index (χ1v) is 8.24. The van der Waals surface area contributed by atoms with Crippen LogP contribution in [0.5, 0.6) is 0 Å². The van der Waals surface area contributed by atoms with Gasteiger partial charge in [0.15, 0.2) is 0 Å². The Balaban J connectivity index is 1.84. The molecule has 1 aromatic heterocycles. The third-order valence-corrected chi connectivity index (χ3v) is 4.20. The zero-order valence-electron chi connectivity index (χ0n) is 13.1. The van der Waals surface area contributed by atoms with E-state index in [0.29, 0.717) is 0 Å². The lowest BCUT2D eigenvalue weighted by molar-refractivity contribution is -0.139. The Kier molecular flexibility index (Phi) is 6.31. The molecule has 0 fully saturated rings. The van der Waals surface area contributed by atoms with Crippen LogP contribution in [-0.4, -0.2) is 25.5 Å². The lowest BCUT2D eigenvalue weighted by atomic mass is 10.1. The lowest BCUT2D eigenvalue weighted by Gasteiger charge is -2.16. The normalized spacial score (nSPS) is 13.1. The Morgan fingerprint density at radius 3 is 2.48 bits per heavy atom. The molecule has 2 rings (SSSR count). The molecule has 0 bridgehead atoms. The SMILES string of the molecule is CO[C@@H](CNC(=O)C(=O)N[C@H](C)c1ccccc1)c1ccsc1. The smallest absolute Gasteiger partial charge is 0.309 e. The van der Waals surface area contributed by atoms with Crippen LogP contribution in [0.15, 0.2) is 47.2 Å². The van der Waals surface area contributed by atoms with E-state index < -0.39 is 11.8 Å². The Hall–Kier alpha value is -2.18. The van der Waals surface area contributed by atoms with Gasteiger partial charge in [0.25, 0.3) is 0 Å². The summed E-state index contributed by atoms with van der Waals surface area (Å²) in [6.45, 7) is 2.09. The molecule has 2 aromatic rings. The van der Waals surface area contributed by atoms with Gasteiger partial charge in [-0.3, -0.25) is 9.59 Å². The molecule has 0 unspecified atom stereocenters. The van der Waals surface area contributed by atoms with Gasteiger partial charge in [-0.2, -0.15) is 11.3 Å². The number of carbonyl (C=O) groups is 2. The highest BCUT2D eigenvalue weighted by Crippen LogP contribution is 2.18. The van der Waals surface area contributed by atoms with Crippen molar-refractivity contribution < 1.29 is 14.3 Å². The minimum absolute atomic E-state index is 0.232. The summed E-state index contributed by atoms with van der Waals surface area (Å²) in [7, 11) is 1.58. The van der Waals surface area contributed by atoms with Crippen molar-refractivity contribution in [2.45, 2.75) is 19.1 Å². The molecule has 0 aliphatic heterocycles. The molecule has 2 N–H and O–H groups in total. The molecule has 1 heterocycles. The van der Waals surface area contributed by atoms with E-state index in [0.717, 1.165) is 11.1 Å². The van der Waals surface area contributed by atoms with Gasteiger partial charge in [0.1, 0.15) is 6.10 Å². The second-order valence-electron chi connectivity index (χ2n) is 5.10. The molecular weight excluding hydrogens is 312 g/mol. The molecule has 2 atom stereocenters. The van der Waals surface area contributed by atoms with Crippen molar-refractivity contribution in [1.29, 1.82) is 0 Å². The molecule has 6 heteroatoms. The molecule has 0 aliphatic rings. The van der Waals surface area contributed by atoms with Crippen molar-refractivity contribution in [3.63, 3.8) is 0 Å². The standard InChI is InChI=1S/C17H20N2O3S/c1-12(13-6-4-3-5-7-13)19-17(21)16(20)18-10-15(22-2)14-8-9-23-11-14/h3-9,11-12,15H,10H2,1-2H3,(H,18,20)(H,19,21)/t12-,15+/m1/s1. The summed E-state index contributed by atoms with van der Waals surface area (Å²) in [4.78, 5) is 23.9. The number of nitrogens with one attached hydrogen (secondary N) is 2. The average Bonchev–Trinajstić information content (AvgIpc) is 3.10. The maximum absolute atomic E-state index is 12.0. The predicted octanol–water partition coefficient (Wildman–Crippen LogP) is 2.43. The van der Waals surface area contributed by atoms with Crippen molar-refractivity contribution in [1.82, 2.24) is 10.6 Å². The van der Waals surface area contributed by atoms with Crippen molar-refractivity contribution in [2.24, 2.45) is 0 Å². The summed E-state index contributed by atoms with van der Waals surface area (Å²) >= 11 is 1.56. The highest BCUT2D eigenvalue weighted by atomic mass is 32.1. The van der Waals surface area contributed by atoms with Gasteiger partial charge in [-0.05, 0) is 34.9 Å². The minimum atomic E-state index is -0.662. The summed E-state index contributed by atoms with van der Waals surface area (Å²) in [5, 5.41) is 9.19. The van der Waals surface area contributed by atoms with Gasteiger partial charge in [0.2, 0.25) is 0 Å². The molecule has 0 radical (unpaired) electrons. The first-order chi connectivity index (χ1) is 11.1. The molecule has 0 aliphatic carbocycles. The molecule has 0 spiro atoms. The van der Waals surface area contributed by atoms with Crippen molar-refractivity contribution >= 4 is 23.2 Å². The maximum Gasteiger partial charge on any atom is 0.309 e. The van der Waals surface area contributed by atoms with E-state index in [2.05, 4.69) is 10.6 Å². The van der Waals surface area contributed by atoms with Gasteiger partial charge in [-0.1, -0.05) is 30.3 Å². The summed E-state index contributed by atoms with van der Waals surface area (Å²) in [6, 6.07) is 11.2. The van der Waals surface area contributed by atoms with E-state index in [1.54, 1.807) is 18.4 Å². The fourth-order valence-corrected chi connectivity index (χ4v) is 2.85. The second kappa shape index (κ2) is 8.45. The summed E-state index contributed by atoms with van der Waals surface area (Å²) in [5.74, 6) is -1.31. The summed E-state index contributed by atoms with van der Waals surface area (Å²) in [5.41, 5.74) is 1.93. The number of amides is 2. The third-order valence-electron chi connectivity index (χ3n) is 3.50. The summed E-state index contributed by atoms with van der Waals surface area (Å²) in [6.07, 6.45) is -0.260. The number of rotatable bonds is 6. The number of thiophene rings is 1. The predicted molar refractivity (Wildman–Crippen MR) is 90.1 cm³/mol. The summed E-state index contributed by atoms with van der Waals surface area (Å²) < 4.78 is 5.34. The first kappa shape index (κ1) is 17.2. The van der Waals surface area contributed by atoms with Crippen LogP contribution in [0.3, 0.4) is 0 Å². The van der Waals surface area contributed by atoms with Crippen molar-refractivity contribution in [2.75, 3.05) is 13.7 Å². The number of methoxy groups -OCH3 is 1. The number of hydrogen-bond acceptors (Lipinski definition) is 4. The molecule has 1 aromatic carbocycles. The van der Waals surface area contributed by atoms with Crippen molar-refractivity contribution in [3.05, 3.63) is 58.3 Å². The molecule has 5 nitrogen and oxygen atoms in total. The number of ether oxygens (including phenoxy) is 1. The second-order valence-corrected chi connectivity index (χ2v) is 5.88. The van der Waals surface area contributed by atoms with Crippen LogP contribution in [0.1, 0.15) is 30.2 Å². The number of benzene rings is 1. The highest BCUT2D eigenvalue weighted by Gasteiger charge is 2.19. The molecule has 23 heavy (non-hydrogen) atoms. The average molecular weight is 332 g/mol. The van der Waals surface area contributed by atoms with E-state index in [-0.39, 0.29) is 18.7 Å².